The van der Waals surface area contributed by atoms with Crippen LogP contribution in [0.3, 0.4) is 0 Å². The predicted molar refractivity (Wildman–Crippen MR) is 115 cm³/mol. The van der Waals surface area contributed by atoms with Crippen molar-refractivity contribution in [1.82, 2.24) is 5.32 Å². The second-order valence-electron chi connectivity index (χ2n) is 6.35. The molecule has 0 aliphatic rings. The molecule has 3 rings (SSSR count). The quantitative estimate of drug-likeness (QED) is 0.501. The van der Waals surface area contributed by atoms with Crippen LogP contribution in [0.25, 0.3) is 0 Å². The molecule has 1 atom stereocenters. The van der Waals surface area contributed by atoms with Gasteiger partial charge in [-0.1, -0.05) is 30.3 Å². The summed E-state index contributed by atoms with van der Waals surface area (Å²) in [6.07, 6.45) is 0. The van der Waals surface area contributed by atoms with Crippen LogP contribution in [0.5, 0.6) is 0 Å². The molecule has 0 aliphatic carbocycles. The monoisotopic (exact) mass is 411 g/mol. The lowest BCUT2D eigenvalue weighted by molar-refractivity contribution is 0.102. The van der Waals surface area contributed by atoms with E-state index >= 15 is 0 Å². The van der Waals surface area contributed by atoms with Gasteiger partial charge in [0, 0.05) is 16.9 Å². The van der Waals surface area contributed by atoms with Crippen molar-refractivity contribution in [1.29, 1.82) is 0 Å². The fourth-order valence-electron chi connectivity index (χ4n) is 2.75. The Morgan fingerprint density at radius 3 is 2.00 bits per heavy atom. The fourth-order valence-corrected chi connectivity index (χ4v) is 3.04. The number of hydrogen-bond acceptors (Lipinski definition) is 2. The van der Waals surface area contributed by atoms with E-state index in [1.54, 1.807) is 48.5 Å². The standard InChI is InChI=1S/C22H19F2N3OS/c1-14(17-6-2-4-8-19(17)23)25-22(29)27-16-12-10-15(11-13-16)26-21(28)18-7-3-5-9-20(18)24/h2-14H,1H3,(H,26,28)(H2,25,27,29). The van der Waals surface area contributed by atoms with Gasteiger partial charge in [-0.05, 0) is 61.6 Å². The predicted octanol–water partition coefficient (Wildman–Crippen LogP) is 5.26. The van der Waals surface area contributed by atoms with Gasteiger partial charge in [-0.15, -0.1) is 0 Å². The van der Waals surface area contributed by atoms with Gasteiger partial charge in [-0.25, -0.2) is 8.78 Å². The molecule has 1 unspecified atom stereocenters. The lowest BCUT2D eigenvalue weighted by atomic mass is 10.1. The molecule has 7 heteroatoms. The molecule has 29 heavy (non-hydrogen) atoms. The topological polar surface area (TPSA) is 53.2 Å². The van der Waals surface area contributed by atoms with Crippen LogP contribution < -0.4 is 16.0 Å². The largest absolute Gasteiger partial charge is 0.356 e. The highest BCUT2D eigenvalue weighted by atomic mass is 32.1. The van der Waals surface area contributed by atoms with Crippen molar-refractivity contribution >= 4 is 34.6 Å². The van der Waals surface area contributed by atoms with E-state index in [0.717, 1.165) is 0 Å². The smallest absolute Gasteiger partial charge is 0.258 e. The zero-order valence-electron chi connectivity index (χ0n) is 15.6. The van der Waals surface area contributed by atoms with Gasteiger partial charge in [-0.2, -0.15) is 0 Å². The maximum Gasteiger partial charge on any atom is 0.258 e. The average molecular weight is 411 g/mol. The number of anilines is 2. The van der Waals surface area contributed by atoms with Crippen molar-refractivity contribution in [3.8, 4) is 0 Å². The summed E-state index contributed by atoms with van der Waals surface area (Å²) < 4.78 is 27.5. The van der Waals surface area contributed by atoms with E-state index in [-0.39, 0.29) is 17.4 Å². The van der Waals surface area contributed by atoms with E-state index in [1.807, 2.05) is 6.92 Å². The summed E-state index contributed by atoms with van der Waals surface area (Å²) in [6.45, 7) is 1.81. The summed E-state index contributed by atoms with van der Waals surface area (Å²) >= 11 is 5.28. The summed E-state index contributed by atoms with van der Waals surface area (Å²) in [4.78, 5) is 12.2. The molecule has 148 valence electrons. The third-order valence-corrected chi connectivity index (χ3v) is 4.46. The first-order chi connectivity index (χ1) is 13.9. The molecule has 0 saturated heterocycles. The number of nitrogens with one attached hydrogen (secondary N) is 3. The van der Waals surface area contributed by atoms with Crippen LogP contribution in [0.4, 0.5) is 20.2 Å². The minimum atomic E-state index is -0.580. The molecule has 1 amide bonds. The summed E-state index contributed by atoms with van der Waals surface area (Å²) in [6, 6.07) is 18.7. The van der Waals surface area contributed by atoms with Gasteiger partial charge in [0.15, 0.2) is 5.11 Å². The Bertz CT molecular complexity index is 1020. The molecule has 0 aromatic heterocycles. The van der Waals surface area contributed by atoms with Gasteiger partial charge >= 0.3 is 0 Å². The first-order valence-corrected chi connectivity index (χ1v) is 9.33. The van der Waals surface area contributed by atoms with Crippen LogP contribution in [0.2, 0.25) is 0 Å². The third-order valence-electron chi connectivity index (χ3n) is 4.24. The lowest BCUT2D eigenvalue weighted by Gasteiger charge is -2.18. The highest BCUT2D eigenvalue weighted by Gasteiger charge is 2.12. The summed E-state index contributed by atoms with van der Waals surface area (Å²) in [5.74, 6) is -1.41. The Morgan fingerprint density at radius 1 is 0.828 bits per heavy atom. The molecule has 3 aromatic carbocycles. The summed E-state index contributed by atoms with van der Waals surface area (Å²) in [5.41, 5.74) is 1.69. The molecule has 0 saturated carbocycles. The molecular weight excluding hydrogens is 392 g/mol. The fraction of sp³-hybridized carbons (Fsp3) is 0.0909. The van der Waals surface area contributed by atoms with E-state index in [0.29, 0.717) is 22.1 Å². The minimum Gasteiger partial charge on any atom is -0.356 e. The normalized spacial score (nSPS) is 11.4. The van der Waals surface area contributed by atoms with Crippen LogP contribution in [-0.4, -0.2) is 11.0 Å². The number of rotatable bonds is 5. The van der Waals surface area contributed by atoms with E-state index < -0.39 is 11.7 Å². The molecule has 0 aliphatic heterocycles. The van der Waals surface area contributed by atoms with E-state index in [2.05, 4.69) is 16.0 Å². The van der Waals surface area contributed by atoms with Gasteiger partial charge in [0.1, 0.15) is 11.6 Å². The second-order valence-corrected chi connectivity index (χ2v) is 6.76. The SMILES string of the molecule is CC(NC(=S)Nc1ccc(NC(=O)c2ccccc2F)cc1)c1ccccc1F. The van der Waals surface area contributed by atoms with E-state index in [9.17, 15) is 13.6 Å². The maximum atomic E-state index is 13.9. The number of carbonyl (C=O) groups excluding carboxylic acids is 1. The lowest BCUT2D eigenvalue weighted by Crippen LogP contribution is -2.31. The van der Waals surface area contributed by atoms with Crippen molar-refractivity contribution < 1.29 is 13.6 Å². The molecule has 3 N–H and O–H groups in total. The van der Waals surface area contributed by atoms with Crippen LogP contribution in [0, 0.1) is 11.6 Å². The Hall–Kier alpha value is -3.32. The number of amides is 1. The summed E-state index contributed by atoms with van der Waals surface area (Å²) in [7, 11) is 0. The van der Waals surface area contributed by atoms with Crippen molar-refractivity contribution in [2.45, 2.75) is 13.0 Å². The van der Waals surface area contributed by atoms with Gasteiger partial charge in [0.05, 0.1) is 11.6 Å². The van der Waals surface area contributed by atoms with Crippen molar-refractivity contribution in [3.05, 3.63) is 95.6 Å². The average Bonchev–Trinajstić information content (AvgIpc) is 2.70. The van der Waals surface area contributed by atoms with Crippen LogP contribution in [0.1, 0.15) is 28.9 Å². The maximum absolute atomic E-state index is 13.9. The third kappa shape index (κ3) is 5.36. The van der Waals surface area contributed by atoms with Crippen molar-refractivity contribution in [2.24, 2.45) is 0 Å². The van der Waals surface area contributed by atoms with Crippen molar-refractivity contribution in [3.63, 3.8) is 0 Å². The minimum absolute atomic E-state index is 0.0257. The van der Waals surface area contributed by atoms with E-state index in [4.69, 9.17) is 12.2 Å². The Kier molecular flexibility index (Phi) is 6.51. The van der Waals surface area contributed by atoms with Gasteiger partial charge in [0.2, 0.25) is 0 Å². The Balaban J connectivity index is 1.57. The number of halogens is 2. The van der Waals surface area contributed by atoms with Crippen LogP contribution >= 0.6 is 12.2 Å². The molecule has 0 heterocycles. The Morgan fingerprint density at radius 2 is 1.38 bits per heavy atom. The number of hydrogen-bond donors (Lipinski definition) is 3. The molecule has 0 bridgehead atoms. The molecule has 3 aromatic rings. The van der Waals surface area contributed by atoms with Gasteiger partial charge in [0.25, 0.3) is 5.91 Å². The zero-order valence-corrected chi connectivity index (χ0v) is 16.4. The highest BCUT2D eigenvalue weighted by molar-refractivity contribution is 7.80. The molecule has 0 radical (unpaired) electrons. The molecule has 4 nitrogen and oxygen atoms in total. The molecular formula is C22H19F2N3OS. The zero-order chi connectivity index (χ0) is 20.8. The molecule has 0 fully saturated rings. The van der Waals surface area contributed by atoms with Crippen LogP contribution in [-0.2, 0) is 0 Å². The van der Waals surface area contributed by atoms with Crippen LogP contribution in [0.15, 0.2) is 72.8 Å². The van der Waals surface area contributed by atoms with Gasteiger partial charge in [-0.3, -0.25) is 4.79 Å². The number of benzene rings is 3. The first kappa shape index (κ1) is 20.4. The van der Waals surface area contributed by atoms with Crippen molar-refractivity contribution in [2.75, 3.05) is 10.6 Å². The molecule has 0 spiro atoms. The Labute approximate surface area is 173 Å². The van der Waals surface area contributed by atoms with Gasteiger partial charge < -0.3 is 16.0 Å². The first-order valence-electron chi connectivity index (χ1n) is 8.92. The van der Waals surface area contributed by atoms with E-state index in [1.165, 1.54) is 24.3 Å². The number of thiocarbonyl (C=S) groups is 1. The highest BCUT2D eigenvalue weighted by Crippen LogP contribution is 2.18. The second kappa shape index (κ2) is 9.25. The summed E-state index contributed by atoms with van der Waals surface area (Å²) in [5, 5.41) is 9.02. The number of carbonyl (C=O) groups is 1.